The van der Waals surface area contributed by atoms with Crippen molar-refractivity contribution in [3.63, 3.8) is 0 Å². The first-order chi connectivity index (χ1) is 15.6. The Labute approximate surface area is 190 Å². The van der Waals surface area contributed by atoms with Crippen LogP contribution in [0.2, 0.25) is 0 Å². The summed E-state index contributed by atoms with van der Waals surface area (Å²) in [5, 5.41) is 3.07. The summed E-state index contributed by atoms with van der Waals surface area (Å²) in [6.07, 6.45) is 1.60. The number of piperazine rings is 1. The van der Waals surface area contributed by atoms with Gasteiger partial charge in [0.15, 0.2) is 5.78 Å². The topological polar surface area (TPSA) is 66.4 Å². The van der Waals surface area contributed by atoms with Crippen LogP contribution in [0.4, 0.5) is 5.82 Å². The van der Waals surface area contributed by atoms with Gasteiger partial charge < -0.3 is 9.80 Å². The minimum atomic E-state index is -0.131. The van der Waals surface area contributed by atoms with Crippen LogP contribution < -0.4 is 4.90 Å². The number of hydrogen-bond acceptors (Lipinski definition) is 6. The van der Waals surface area contributed by atoms with E-state index in [4.69, 9.17) is 0 Å². The normalized spacial score (nSPS) is 14.0. The van der Waals surface area contributed by atoms with Crippen molar-refractivity contribution in [1.29, 1.82) is 0 Å². The lowest BCUT2D eigenvalue weighted by molar-refractivity contribution is 0.0742. The molecule has 0 atom stereocenters. The number of carbonyl (C=O) groups is 2. The molecule has 3 heterocycles. The number of aryl methyl sites for hydroxylation is 1. The number of amides is 1. The molecule has 0 unspecified atom stereocenters. The van der Waals surface area contributed by atoms with E-state index in [1.54, 1.807) is 35.9 Å². The lowest BCUT2D eigenvalue weighted by Crippen LogP contribution is -2.49. The van der Waals surface area contributed by atoms with Gasteiger partial charge in [-0.1, -0.05) is 48.0 Å². The van der Waals surface area contributed by atoms with Gasteiger partial charge in [0.05, 0.1) is 10.9 Å². The molecule has 1 aliphatic heterocycles. The van der Waals surface area contributed by atoms with E-state index >= 15 is 0 Å². The summed E-state index contributed by atoms with van der Waals surface area (Å²) in [5.41, 5.74) is 2.57. The third kappa shape index (κ3) is 3.76. The highest BCUT2D eigenvalue weighted by molar-refractivity contribution is 7.16. The van der Waals surface area contributed by atoms with Crippen LogP contribution in [-0.2, 0) is 0 Å². The van der Waals surface area contributed by atoms with Crippen LogP contribution in [0.25, 0.3) is 10.2 Å². The Morgan fingerprint density at radius 1 is 0.875 bits per heavy atom. The number of fused-ring (bicyclic) bond motifs is 1. The van der Waals surface area contributed by atoms with Crippen LogP contribution >= 0.6 is 11.3 Å². The Bertz CT molecular complexity index is 1290. The number of benzene rings is 2. The van der Waals surface area contributed by atoms with E-state index in [0.717, 1.165) is 21.6 Å². The molecule has 2 aromatic carbocycles. The maximum atomic E-state index is 13.4. The summed E-state index contributed by atoms with van der Waals surface area (Å²) < 4.78 is 0. The van der Waals surface area contributed by atoms with Crippen molar-refractivity contribution in [2.75, 3.05) is 31.1 Å². The fourth-order valence-corrected chi connectivity index (χ4v) is 4.78. The Morgan fingerprint density at radius 3 is 2.34 bits per heavy atom. The highest BCUT2D eigenvalue weighted by Gasteiger charge is 2.27. The Morgan fingerprint density at radius 2 is 1.59 bits per heavy atom. The molecule has 0 radical (unpaired) electrons. The molecular weight excluding hydrogens is 420 g/mol. The average molecular weight is 443 g/mol. The molecule has 4 aromatic rings. The van der Waals surface area contributed by atoms with E-state index < -0.39 is 0 Å². The summed E-state index contributed by atoms with van der Waals surface area (Å²) in [6.45, 7) is 4.49. The third-order valence-corrected chi connectivity index (χ3v) is 6.64. The van der Waals surface area contributed by atoms with Crippen LogP contribution in [0.1, 0.15) is 31.8 Å². The third-order valence-electron chi connectivity index (χ3n) is 5.82. The van der Waals surface area contributed by atoms with Crippen molar-refractivity contribution in [1.82, 2.24) is 14.9 Å². The molecule has 160 valence electrons. The van der Waals surface area contributed by atoms with Gasteiger partial charge in [0.2, 0.25) is 0 Å². The highest BCUT2D eigenvalue weighted by Crippen LogP contribution is 2.27. The lowest BCUT2D eigenvalue weighted by atomic mass is 9.97. The van der Waals surface area contributed by atoms with Gasteiger partial charge in [0.1, 0.15) is 17.0 Å². The Hall–Kier alpha value is -3.58. The number of hydrogen-bond donors (Lipinski definition) is 0. The molecule has 2 aromatic heterocycles. The molecule has 0 N–H and O–H groups in total. The second-order valence-corrected chi connectivity index (χ2v) is 8.75. The molecule has 32 heavy (non-hydrogen) atoms. The average Bonchev–Trinajstić information content (AvgIpc) is 3.33. The summed E-state index contributed by atoms with van der Waals surface area (Å²) >= 11 is 1.60. The molecule has 0 saturated carbocycles. The predicted octanol–water partition coefficient (Wildman–Crippen LogP) is 4.19. The molecule has 1 saturated heterocycles. The number of ketones is 1. The van der Waals surface area contributed by atoms with Gasteiger partial charge in [-0.05, 0) is 24.4 Å². The van der Waals surface area contributed by atoms with Crippen molar-refractivity contribution >= 4 is 39.1 Å². The molecule has 7 heteroatoms. The van der Waals surface area contributed by atoms with Crippen molar-refractivity contribution < 1.29 is 9.59 Å². The van der Waals surface area contributed by atoms with Gasteiger partial charge in [-0.25, -0.2) is 9.97 Å². The van der Waals surface area contributed by atoms with E-state index in [1.165, 1.54) is 0 Å². The number of aromatic nitrogens is 2. The van der Waals surface area contributed by atoms with Gasteiger partial charge in [0.25, 0.3) is 5.91 Å². The maximum absolute atomic E-state index is 13.4. The van der Waals surface area contributed by atoms with Gasteiger partial charge in [-0.15, -0.1) is 11.3 Å². The van der Waals surface area contributed by atoms with E-state index in [1.807, 2.05) is 53.6 Å². The van der Waals surface area contributed by atoms with Crippen LogP contribution in [0.3, 0.4) is 0 Å². The molecule has 1 fully saturated rings. The number of anilines is 1. The maximum Gasteiger partial charge on any atom is 0.254 e. The molecule has 1 aliphatic rings. The second kappa shape index (κ2) is 8.51. The number of nitrogens with zero attached hydrogens (tertiary/aromatic N) is 4. The summed E-state index contributed by atoms with van der Waals surface area (Å²) in [4.78, 5) is 40.3. The SMILES string of the molecule is Cc1ccc(C(=O)c2ccccc2C(=O)N2CCN(c3ncnc4sccc34)CC2)cc1. The number of carbonyl (C=O) groups excluding carboxylic acids is 2. The van der Waals surface area contributed by atoms with Gasteiger partial charge in [-0.2, -0.15) is 0 Å². The van der Waals surface area contributed by atoms with E-state index in [2.05, 4.69) is 14.9 Å². The standard InChI is InChI=1S/C25H22N4O2S/c1-17-6-8-18(9-7-17)22(30)19-4-2-3-5-20(19)25(31)29-13-11-28(12-14-29)23-21-10-15-32-24(21)27-16-26-23/h2-10,15-16H,11-14H2,1H3. The van der Waals surface area contributed by atoms with E-state index in [9.17, 15) is 9.59 Å². The van der Waals surface area contributed by atoms with Crippen LogP contribution in [-0.4, -0.2) is 52.7 Å². The second-order valence-electron chi connectivity index (χ2n) is 7.86. The smallest absolute Gasteiger partial charge is 0.254 e. The van der Waals surface area contributed by atoms with Crippen LogP contribution in [0.15, 0.2) is 66.3 Å². The Balaban J connectivity index is 1.34. The fraction of sp³-hybridized carbons (Fsp3) is 0.200. The highest BCUT2D eigenvalue weighted by atomic mass is 32.1. The zero-order valence-corrected chi connectivity index (χ0v) is 18.5. The molecule has 6 nitrogen and oxygen atoms in total. The van der Waals surface area contributed by atoms with Crippen molar-refractivity contribution in [2.45, 2.75) is 6.92 Å². The van der Waals surface area contributed by atoms with E-state index in [-0.39, 0.29) is 11.7 Å². The number of thiophene rings is 1. The zero-order valence-electron chi connectivity index (χ0n) is 17.7. The molecule has 5 rings (SSSR count). The first-order valence-corrected chi connectivity index (χ1v) is 11.4. The first kappa shape index (κ1) is 20.3. The predicted molar refractivity (Wildman–Crippen MR) is 127 cm³/mol. The van der Waals surface area contributed by atoms with E-state index in [0.29, 0.717) is 42.9 Å². The quantitative estimate of drug-likeness (QED) is 0.443. The minimum absolute atomic E-state index is 0.107. The lowest BCUT2D eigenvalue weighted by Gasteiger charge is -2.35. The molecule has 0 spiro atoms. The van der Waals surface area contributed by atoms with Crippen molar-refractivity contribution in [2.24, 2.45) is 0 Å². The minimum Gasteiger partial charge on any atom is -0.352 e. The first-order valence-electron chi connectivity index (χ1n) is 10.5. The van der Waals surface area contributed by atoms with Crippen LogP contribution in [0.5, 0.6) is 0 Å². The Kier molecular flexibility index (Phi) is 5.41. The van der Waals surface area contributed by atoms with Gasteiger partial charge >= 0.3 is 0 Å². The van der Waals surface area contributed by atoms with Crippen molar-refractivity contribution in [3.8, 4) is 0 Å². The summed E-state index contributed by atoms with van der Waals surface area (Å²) in [7, 11) is 0. The largest absolute Gasteiger partial charge is 0.352 e. The summed E-state index contributed by atoms with van der Waals surface area (Å²) in [5.74, 6) is 0.677. The zero-order chi connectivity index (χ0) is 22.1. The molecule has 1 amide bonds. The molecule has 0 aliphatic carbocycles. The molecular formula is C25H22N4O2S. The van der Waals surface area contributed by atoms with Gasteiger partial charge in [0, 0.05) is 37.3 Å². The fourth-order valence-electron chi connectivity index (χ4n) is 4.05. The summed E-state index contributed by atoms with van der Waals surface area (Å²) in [6, 6.07) is 16.6. The number of rotatable bonds is 4. The van der Waals surface area contributed by atoms with Crippen molar-refractivity contribution in [3.05, 3.63) is 88.6 Å². The van der Waals surface area contributed by atoms with Crippen LogP contribution in [0, 0.1) is 6.92 Å². The molecule has 0 bridgehead atoms. The monoisotopic (exact) mass is 442 g/mol. The van der Waals surface area contributed by atoms with Gasteiger partial charge in [-0.3, -0.25) is 9.59 Å².